The summed E-state index contributed by atoms with van der Waals surface area (Å²) >= 11 is 5.91. The minimum absolute atomic E-state index is 0.129. The first-order valence-corrected chi connectivity index (χ1v) is 10.8. The number of carbonyl (C=O) groups is 1. The van der Waals surface area contributed by atoms with Crippen molar-refractivity contribution < 1.29 is 4.79 Å². The average molecular weight is 458 g/mol. The van der Waals surface area contributed by atoms with Gasteiger partial charge in [0.15, 0.2) is 5.82 Å². The van der Waals surface area contributed by atoms with Crippen LogP contribution in [0.3, 0.4) is 0 Å². The van der Waals surface area contributed by atoms with Crippen LogP contribution in [0.1, 0.15) is 11.1 Å². The highest BCUT2D eigenvalue weighted by Gasteiger charge is 2.18. The molecule has 3 aromatic carbocycles. The number of carbonyl (C=O) groups excluding carboxylic acids is 1. The van der Waals surface area contributed by atoms with Gasteiger partial charge in [-0.2, -0.15) is 0 Å². The first kappa shape index (κ1) is 20.9. The Morgan fingerprint density at radius 3 is 2.36 bits per heavy atom. The molecule has 1 amide bonds. The number of hydrogen-bond donors (Lipinski definition) is 1. The van der Waals surface area contributed by atoms with Gasteiger partial charge in [0.1, 0.15) is 6.54 Å². The van der Waals surface area contributed by atoms with Crippen LogP contribution >= 0.6 is 11.6 Å². The van der Waals surface area contributed by atoms with Crippen molar-refractivity contribution in [3.05, 3.63) is 99.3 Å². The van der Waals surface area contributed by atoms with Gasteiger partial charge in [-0.1, -0.05) is 65.7 Å². The Bertz CT molecular complexity index is 1540. The SMILES string of the molecule is Cc1ccc(-c2nnc3c(=O)n(CC(=O)NCc4ccc(Cl)cc4)c4ccccc4n23)cc1. The molecule has 0 spiro atoms. The molecule has 0 radical (unpaired) electrons. The molecule has 0 fully saturated rings. The van der Waals surface area contributed by atoms with E-state index < -0.39 is 0 Å². The maximum absolute atomic E-state index is 13.3. The van der Waals surface area contributed by atoms with E-state index >= 15 is 0 Å². The van der Waals surface area contributed by atoms with E-state index in [9.17, 15) is 9.59 Å². The summed E-state index contributed by atoms with van der Waals surface area (Å²) in [6, 6.07) is 22.6. The average Bonchev–Trinajstić information content (AvgIpc) is 3.27. The number of rotatable bonds is 5. The molecule has 5 aromatic rings. The number of fused-ring (bicyclic) bond motifs is 3. The summed E-state index contributed by atoms with van der Waals surface area (Å²) in [5.41, 5.74) is 4.08. The van der Waals surface area contributed by atoms with Crippen LogP contribution in [0.5, 0.6) is 0 Å². The Morgan fingerprint density at radius 2 is 1.64 bits per heavy atom. The molecule has 0 saturated heterocycles. The fraction of sp³-hybridized carbons (Fsp3) is 0.120. The van der Waals surface area contributed by atoms with E-state index in [0.717, 1.165) is 22.2 Å². The lowest BCUT2D eigenvalue weighted by molar-refractivity contribution is -0.121. The van der Waals surface area contributed by atoms with E-state index in [2.05, 4.69) is 15.5 Å². The van der Waals surface area contributed by atoms with Crippen molar-refractivity contribution in [3.8, 4) is 11.4 Å². The van der Waals surface area contributed by atoms with E-state index in [0.29, 0.717) is 22.9 Å². The van der Waals surface area contributed by atoms with E-state index in [1.54, 1.807) is 16.5 Å². The maximum Gasteiger partial charge on any atom is 0.297 e. The van der Waals surface area contributed by atoms with Crippen molar-refractivity contribution in [2.45, 2.75) is 20.0 Å². The molecule has 0 aliphatic rings. The molecular weight excluding hydrogens is 438 g/mol. The van der Waals surface area contributed by atoms with Gasteiger partial charge < -0.3 is 5.32 Å². The molecule has 0 aliphatic carbocycles. The molecule has 0 saturated carbocycles. The predicted octanol–water partition coefficient (Wildman–Crippen LogP) is 3.99. The van der Waals surface area contributed by atoms with Gasteiger partial charge >= 0.3 is 0 Å². The van der Waals surface area contributed by atoms with Crippen molar-refractivity contribution in [1.29, 1.82) is 0 Å². The Hall–Kier alpha value is -3.97. The lowest BCUT2D eigenvalue weighted by Gasteiger charge is -2.13. The highest BCUT2D eigenvalue weighted by Crippen LogP contribution is 2.22. The fourth-order valence-corrected chi connectivity index (χ4v) is 3.94. The molecule has 2 heterocycles. The third-order valence-corrected chi connectivity index (χ3v) is 5.78. The third kappa shape index (κ3) is 3.99. The molecule has 7 nitrogen and oxygen atoms in total. The quantitative estimate of drug-likeness (QED) is 0.432. The zero-order valence-electron chi connectivity index (χ0n) is 17.8. The molecule has 2 aromatic heterocycles. The second-order valence-electron chi connectivity index (χ2n) is 7.83. The van der Waals surface area contributed by atoms with Crippen molar-refractivity contribution in [1.82, 2.24) is 24.5 Å². The van der Waals surface area contributed by atoms with Crippen LogP contribution in [-0.2, 0) is 17.9 Å². The van der Waals surface area contributed by atoms with Gasteiger partial charge in [0.05, 0.1) is 11.0 Å². The molecular formula is C25H20ClN5O2. The first-order valence-electron chi connectivity index (χ1n) is 10.5. The number of amides is 1. The predicted molar refractivity (Wildman–Crippen MR) is 128 cm³/mol. The molecule has 0 unspecified atom stereocenters. The summed E-state index contributed by atoms with van der Waals surface area (Å²) in [5.74, 6) is 0.303. The van der Waals surface area contributed by atoms with E-state index in [1.165, 1.54) is 4.57 Å². The zero-order chi connectivity index (χ0) is 22.9. The normalized spacial score (nSPS) is 11.2. The largest absolute Gasteiger partial charge is 0.350 e. The summed E-state index contributed by atoms with van der Waals surface area (Å²) in [7, 11) is 0. The number of nitrogens with one attached hydrogen (secondary N) is 1. The van der Waals surface area contributed by atoms with Gasteiger partial charge in [-0.15, -0.1) is 10.2 Å². The van der Waals surface area contributed by atoms with Crippen LogP contribution in [0.2, 0.25) is 5.02 Å². The van der Waals surface area contributed by atoms with Crippen LogP contribution in [0.25, 0.3) is 28.1 Å². The van der Waals surface area contributed by atoms with Crippen LogP contribution in [0, 0.1) is 6.92 Å². The summed E-state index contributed by atoms with van der Waals surface area (Å²) in [5, 5.41) is 12.0. The van der Waals surface area contributed by atoms with Crippen molar-refractivity contribution >= 4 is 34.2 Å². The Morgan fingerprint density at radius 1 is 0.939 bits per heavy atom. The molecule has 164 valence electrons. The highest BCUT2D eigenvalue weighted by atomic mass is 35.5. The van der Waals surface area contributed by atoms with Gasteiger partial charge in [-0.25, -0.2) is 0 Å². The summed E-state index contributed by atoms with van der Waals surface area (Å²) in [6.45, 7) is 2.22. The summed E-state index contributed by atoms with van der Waals surface area (Å²) in [6.07, 6.45) is 0. The van der Waals surface area contributed by atoms with Crippen molar-refractivity contribution in [3.63, 3.8) is 0 Å². The molecule has 0 aliphatic heterocycles. The van der Waals surface area contributed by atoms with Crippen molar-refractivity contribution in [2.75, 3.05) is 0 Å². The number of halogens is 1. The van der Waals surface area contributed by atoms with Gasteiger partial charge in [-0.3, -0.25) is 18.6 Å². The number of aromatic nitrogens is 4. The van der Waals surface area contributed by atoms with Crippen LogP contribution in [-0.4, -0.2) is 25.1 Å². The molecule has 33 heavy (non-hydrogen) atoms. The van der Waals surface area contributed by atoms with Crippen LogP contribution < -0.4 is 10.9 Å². The molecule has 1 N–H and O–H groups in total. The van der Waals surface area contributed by atoms with E-state index in [-0.39, 0.29) is 23.7 Å². The second-order valence-corrected chi connectivity index (χ2v) is 8.27. The van der Waals surface area contributed by atoms with Gasteiger partial charge in [0, 0.05) is 17.1 Å². The second kappa shape index (κ2) is 8.52. The van der Waals surface area contributed by atoms with Crippen LogP contribution in [0.4, 0.5) is 0 Å². The number of hydrogen-bond acceptors (Lipinski definition) is 4. The minimum atomic E-state index is -0.374. The smallest absolute Gasteiger partial charge is 0.297 e. The van der Waals surface area contributed by atoms with Crippen molar-refractivity contribution in [2.24, 2.45) is 0 Å². The molecule has 0 bridgehead atoms. The number of nitrogens with zero attached hydrogens (tertiary/aromatic N) is 4. The maximum atomic E-state index is 13.3. The summed E-state index contributed by atoms with van der Waals surface area (Å²) < 4.78 is 3.19. The molecule has 0 atom stereocenters. The highest BCUT2D eigenvalue weighted by molar-refractivity contribution is 6.30. The fourth-order valence-electron chi connectivity index (χ4n) is 3.81. The zero-order valence-corrected chi connectivity index (χ0v) is 18.6. The van der Waals surface area contributed by atoms with Gasteiger partial charge in [-0.05, 0) is 36.8 Å². The van der Waals surface area contributed by atoms with Crippen LogP contribution in [0.15, 0.2) is 77.6 Å². The summed E-state index contributed by atoms with van der Waals surface area (Å²) in [4.78, 5) is 26.0. The molecule has 8 heteroatoms. The van der Waals surface area contributed by atoms with E-state index in [1.807, 2.05) is 67.6 Å². The lowest BCUT2D eigenvalue weighted by atomic mass is 10.1. The van der Waals surface area contributed by atoms with Gasteiger partial charge in [0.2, 0.25) is 11.6 Å². The minimum Gasteiger partial charge on any atom is -0.350 e. The standard InChI is InChI=1S/C25H20ClN5O2/c1-16-6-10-18(11-7-16)23-28-29-24-25(33)30(20-4-2-3-5-21(20)31(23)24)15-22(32)27-14-17-8-12-19(26)13-9-17/h2-13H,14-15H2,1H3,(H,27,32). The third-order valence-electron chi connectivity index (χ3n) is 5.53. The molecule has 5 rings (SSSR count). The topological polar surface area (TPSA) is 81.3 Å². The number of benzene rings is 3. The Kier molecular flexibility index (Phi) is 5.40. The number of aryl methyl sites for hydroxylation is 1. The lowest BCUT2D eigenvalue weighted by Crippen LogP contribution is -2.33. The Balaban J connectivity index is 1.53. The van der Waals surface area contributed by atoms with E-state index in [4.69, 9.17) is 11.6 Å². The number of para-hydroxylation sites is 2. The monoisotopic (exact) mass is 457 g/mol. The Labute approximate surface area is 194 Å². The van der Waals surface area contributed by atoms with Gasteiger partial charge in [0.25, 0.3) is 5.56 Å². The first-order chi connectivity index (χ1) is 16.0.